The molecule has 1 aliphatic carbocycles. The highest BCUT2D eigenvalue weighted by Gasteiger charge is 2.49. The standard InChI is InChI=1S/C15H24N2O3/c1-4-9-15(2,3)17-13(19)11(10-7-5-6-8-10)12(18)16-14(17)20/h10-11H,4-9H2,1-3H3,(H,16,18,20). The number of nitrogens with zero attached hydrogens (tertiary/aromatic N) is 1. The molecule has 1 unspecified atom stereocenters. The Kier molecular flexibility index (Phi) is 4.16. The van der Waals surface area contributed by atoms with Crippen LogP contribution in [0.15, 0.2) is 0 Å². The first-order chi connectivity index (χ1) is 9.38. The van der Waals surface area contributed by atoms with Gasteiger partial charge in [-0.3, -0.25) is 19.8 Å². The van der Waals surface area contributed by atoms with Gasteiger partial charge < -0.3 is 0 Å². The molecule has 0 aromatic carbocycles. The lowest BCUT2D eigenvalue weighted by Crippen LogP contribution is -2.65. The maximum absolute atomic E-state index is 12.7. The number of hydrogen-bond donors (Lipinski definition) is 1. The molecule has 4 amide bonds. The Balaban J connectivity index is 2.26. The molecule has 1 N–H and O–H groups in total. The number of hydrogen-bond acceptors (Lipinski definition) is 3. The molecule has 0 radical (unpaired) electrons. The number of urea groups is 1. The summed E-state index contributed by atoms with van der Waals surface area (Å²) in [5, 5.41) is 2.38. The molecular formula is C15H24N2O3. The fourth-order valence-electron chi connectivity index (χ4n) is 3.59. The average molecular weight is 280 g/mol. The van der Waals surface area contributed by atoms with E-state index >= 15 is 0 Å². The molecule has 20 heavy (non-hydrogen) atoms. The molecule has 5 nitrogen and oxygen atoms in total. The topological polar surface area (TPSA) is 66.5 Å². The normalized spacial score (nSPS) is 25.2. The largest absolute Gasteiger partial charge is 0.331 e. The van der Waals surface area contributed by atoms with Gasteiger partial charge in [-0.2, -0.15) is 0 Å². The van der Waals surface area contributed by atoms with Gasteiger partial charge in [0.15, 0.2) is 0 Å². The van der Waals surface area contributed by atoms with Crippen LogP contribution < -0.4 is 5.32 Å². The van der Waals surface area contributed by atoms with E-state index < -0.39 is 23.4 Å². The molecular weight excluding hydrogens is 256 g/mol. The number of barbiturate groups is 1. The van der Waals surface area contributed by atoms with Crippen LogP contribution >= 0.6 is 0 Å². The highest BCUT2D eigenvalue weighted by Crippen LogP contribution is 2.36. The number of rotatable bonds is 4. The molecule has 1 aliphatic heterocycles. The predicted octanol–water partition coefficient (Wildman–Crippen LogP) is 2.45. The Morgan fingerprint density at radius 3 is 2.35 bits per heavy atom. The van der Waals surface area contributed by atoms with E-state index in [1.165, 1.54) is 4.90 Å². The molecule has 2 aliphatic rings. The molecule has 1 saturated heterocycles. The van der Waals surface area contributed by atoms with Crippen molar-refractivity contribution in [3.05, 3.63) is 0 Å². The van der Waals surface area contributed by atoms with Gasteiger partial charge in [-0.15, -0.1) is 0 Å². The minimum atomic E-state index is -0.675. The smallest absolute Gasteiger partial charge is 0.277 e. The van der Waals surface area contributed by atoms with Gasteiger partial charge >= 0.3 is 6.03 Å². The minimum absolute atomic E-state index is 0.0931. The SMILES string of the molecule is CCCC(C)(C)N1C(=O)NC(=O)C(C2CCCC2)C1=O. The van der Waals surface area contributed by atoms with Crippen molar-refractivity contribution in [1.29, 1.82) is 0 Å². The van der Waals surface area contributed by atoms with E-state index in [2.05, 4.69) is 5.32 Å². The third-order valence-electron chi connectivity index (χ3n) is 4.54. The van der Waals surface area contributed by atoms with Crippen molar-refractivity contribution in [3.63, 3.8) is 0 Å². The fraction of sp³-hybridized carbons (Fsp3) is 0.800. The highest BCUT2D eigenvalue weighted by atomic mass is 16.2. The molecule has 5 heteroatoms. The molecule has 0 aromatic rings. The van der Waals surface area contributed by atoms with E-state index in [4.69, 9.17) is 0 Å². The Hall–Kier alpha value is -1.39. The first-order valence-corrected chi connectivity index (χ1v) is 7.57. The number of carbonyl (C=O) groups is 3. The van der Waals surface area contributed by atoms with Gasteiger partial charge in [-0.05, 0) is 39.0 Å². The molecule has 2 fully saturated rings. The van der Waals surface area contributed by atoms with Crippen molar-refractivity contribution < 1.29 is 14.4 Å². The Morgan fingerprint density at radius 1 is 1.20 bits per heavy atom. The van der Waals surface area contributed by atoms with Gasteiger partial charge in [0.05, 0.1) is 0 Å². The zero-order chi connectivity index (χ0) is 14.9. The zero-order valence-electron chi connectivity index (χ0n) is 12.6. The van der Waals surface area contributed by atoms with E-state index in [1.807, 2.05) is 20.8 Å². The number of carbonyl (C=O) groups excluding carboxylic acids is 3. The molecule has 1 saturated carbocycles. The summed E-state index contributed by atoms with van der Waals surface area (Å²) in [7, 11) is 0. The lowest BCUT2D eigenvalue weighted by atomic mass is 9.85. The lowest BCUT2D eigenvalue weighted by Gasteiger charge is -2.42. The maximum atomic E-state index is 12.7. The number of imide groups is 2. The molecule has 2 rings (SSSR count). The molecule has 0 aromatic heterocycles. The van der Waals surface area contributed by atoms with Crippen molar-refractivity contribution in [3.8, 4) is 0 Å². The monoisotopic (exact) mass is 280 g/mol. The van der Waals surface area contributed by atoms with E-state index in [0.717, 1.165) is 38.5 Å². The summed E-state index contributed by atoms with van der Waals surface area (Å²) in [6.07, 6.45) is 5.55. The summed E-state index contributed by atoms with van der Waals surface area (Å²) in [6, 6.07) is -0.562. The molecule has 1 heterocycles. The van der Waals surface area contributed by atoms with E-state index in [9.17, 15) is 14.4 Å². The average Bonchev–Trinajstić information content (AvgIpc) is 2.80. The van der Waals surface area contributed by atoms with Gasteiger partial charge in [0.2, 0.25) is 11.8 Å². The van der Waals surface area contributed by atoms with Gasteiger partial charge in [0.25, 0.3) is 0 Å². The first-order valence-electron chi connectivity index (χ1n) is 7.57. The van der Waals surface area contributed by atoms with Crippen LogP contribution in [0, 0.1) is 11.8 Å². The van der Waals surface area contributed by atoms with Crippen molar-refractivity contribution in [2.24, 2.45) is 11.8 Å². The first kappa shape index (κ1) is 15.0. The summed E-state index contributed by atoms with van der Waals surface area (Å²) in [5.41, 5.74) is -0.548. The number of amides is 4. The van der Waals surface area contributed by atoms with Crippen LogP contribution in [-0.2, 0) is 9.59 Å². The van der Waals surface area contributed by atoms with Gasteiger partial charge in [-0.1, -0.05) is 26.2 Å². The summed E-state index contributed by atoms with van der Waals surface area (Å²) < 4.78 is 0. The third-order valence-corrected chi connectivity index (χ3v) is 4.54. The third kappa shape index (κ3) is 2.58. The van der Waals surface area contributed by atoms with Crippen LogP contribution in [0.1, 0.15) is 59.3 Å². The lowest BCUT2D eigenvalue weighted by molar-refractivity contribution is -0.148. The Bertz CT molecular complexity index is 425. The fourth-order valence-corrected chi connectivity index (χ4v) is 3.59. The predicted molar refractivity (Wildman–Crippen MR) is 74.8 cm³/mol. The minimum Gasteiger partial charge on any atom is -0.277 e. The highest BCUT2D eigenvalue weighted by molar-refractivity contribution is 6.16. The second kappa shape index (κ2) is 5.54. The number of nitrogens with one attached hydrogen (secondary N) is 1. The van der Waals surface area contributed by atoms with Crippen LogP contribution in [0.2, 0.25) is 0 Å². The van der Waals surface area contributed by atoms with Crippen LogP contribution in [0.25, 0.3) is 0 Å². The molecule has 0 bridgehead atoms. The van der Waals surface area contributed by atoms with Crippen molar-refractivity contribution in [2.75, 3.05) is 0 Å². The Morgan fingerprint density at radius 2 is 1.80 bits per heavy atom. The van der Waals surface area contributed by atoms with E-state index in [-0.39, 0.29) is 11.8 Å². The zero-order valence-corrected chi connectivity index (χ0v) is 12.6. The molecule has 1 atom stereocenters. The summed E-state index contributed by atoms with van der Waals surface area (Å²) in [4.78, 5) is 38.1. The summed E-state index contributed by atoms with van der Waals surface area (Å²) >= 11 is 0. The van der Waals surface area contributed by atoms with E-state index in [0.29, 0.717) is 0 Å². The van der Waals surface area contributed by atoms with Crippen LogP contribution in [0.5, 0.6) is 0 Å². The Labute approximate surface area is 120 Å². The van der Waals surface area contributed by atoms with Gasteiger partial charge in [-0.25, -0.2) is 4.79 Å². The van der Waals surface area contributed by atoms with E-state index in [1.54, 1.807) is 0 Å². The second-order valence-electron chi connectivity index (χ2n) is 6.55. The quantitative estimate of drug-likeness (QED) is 0.804. The van der Waals surface area contributed by atoms with Crippen LogP contribution in [0.3, 0.4) is 0 Å². The molecule has 0 spiro atoms. The van der Waals surface area contributed by atoms with Crippen LogP contribution in [0.4, 0.5) is 4.79 Å². The van der Waals surface area contributed by atoms with Gasteiger partial charge in [0, 0.05) is 5.54 Å². The van der Waals surface area contributed by atoms with Crippen LogP contribution in [-0.4, -0.2) is 28.3 Å². The maximum Gasteiger partial charge on any atom is 0.331 e. The summed E-state index contributed by atoms with van der Waals surface area (Å²) in [5.74, 6) is -1.29. The van der Waals surface area contributed by atoms with Crippen molar-refractivity contribution >= 4 is 17.8 Å². The molecule has 112 valence electrons. The second-order valence-corrected chi connectivity index (χ2v) is 6.55. The summed E-state index contributed by atoms with van der Waals surface area (Å²) in [6.45, 7) is 5.79. The van der Waals surface area contributed by atoms with Crippen molar-refractivity contribution in [1.82, 2.24) is 10.2 Å². The van der Waals surface area contributed by atoms with Crippen molar-refractivity contribution in [2.45, 2.75) is 64.8 Å². The van der Waals surface area contributed by atoms with Gasteiger partial charge in [0.1, 0.15) is 5.92 Å².